The Hall–Kier alpha value is -0.400. The van der Waals surface area contributed by atoms with Crippen molar-refractivity contribution in [1.29, 1.82) is 0 Å². The van der Waals surface area contributed by atoms with Crippen molar-refractivity contribution in [3.63, 3.8) is 0 Å². The topological polar surface area (TPSA) is 34.9 Å². The minimum absolute atomic E-state index is 0.0451. The Morgan fingerprint density at radius 3 is 2.79 bits per heavy atom. The fourth-order valence-corrected chi connectivity index (χ4v) is 3.08. The van der Waals surface area contributed by atoms with Crippen molar-refractivity contribution in [2.45, 2.75) is 13.3 Å². The zero-order valence-electron chi connectivity index (χ0n) is 10.4. The average Bonchev–Trinajstić information content (AvgIpc) is 2.59. The van der Waals surface area contributed by atoms with Crippen molar-refractivity contribution in [2.24, 2.45) is 7.05 Å². The molecule has 2 rings (SSSR count). The van der Waals surface area contributed by atoms with Gasteiger partial charge in [0.05, 0.1) is 5.69 Å². The molecule has 0 N–H and O–H groups in total. The van der Waals surface area contributed by atoms with Gasteiger partial charge < -0.3 is 0 Å². The molecule has 2 aromatic rings. The zero-order valence-corrected chi connectivity index (χ0v) is 14.9. The molecule has 19 heavy (non-hydrogen) atoms. The molecule has 100 valence electrons. The summed E-state index contributed by atoms with van der Waals surface area (Å²) in [6, 6.07) is 5.67. The van der Waals surface area contributed by atoms with E-state index in [0.29, 0.717) is 10.7 Å². The number of hydrogen-bond donors (Lipinski definition) is 0. The van der Waals surface area contributed by atoms with Gasteiger partial charge in [0.15, 0.2) is 5.78 Å². The number of hydrogen-bond acceptors (Lipinski definition) is 2. The molecule has 0 amide bonds. The van der Waals surface area contributed by atoms with Gasteiger partial charge in [-0.1, -0.05) is 27.5 Å². The number of carbonyl (C=O) groups is 1. The quantitative estimate of drug-likeness (QED) is 0.517. The van der Waals surface area contributed by atoms with Crippen molar-refractivity contribution < 1.29 is 4.79 Å². The molecule has 0 saturated heterocycles. The molecular formula is C13H11BrClIN2O. The van der Waals surface area contributed by atoms with Crippen LogP contribution in [0.25, 0.3) is 0 Å². The number of aryl methyl sites for hydroxylation is 2. The first-order valence-corrected chi connectivity index (χ1v) is 7.81. The maximum absolute atomic E-state index is 12.4. The SMILES string of the molecule is Cc1nn(C)c(Cl)c1CC(=O)c1cc(Br)ccc1I. The second-order valence-electron chi connectivity index (χ2n) is 4.20. The molecule has 0 atom stereocenters. The molecule has 0 bridgehead atoms. The Morgan fingerprint density at radius 2 is 2.21 bits per heavy atom. The second kappa shape index (κ2) is 5.93. The summed E-state index contributed by atoms with van der Waals surface area (Å²) in [6.45, 7) is 1.86. The zero-order chi connectivity index (χ0) is 14.2. The number of carbonyl (C=O) groups excluding carboxylic acids is 1. The van der Waals surface area contributed by atoms with Crippen LogP contribution in [-0.4, -0.2) is 15.6 Å². The number of aromatic nitrogens is 2. The van der Waals surface area contributed by atoms with Crippen molar-refractivity contribution in [1.82, 2.24) is 9.78 Å². The molecular weight excluding hydrogens is 442 g/mol. The third-order valence-corrected chi connectivity index (χ3v) is 4.74. The number of ketones is 1. The molecule has 0 saturated carbocycles. The van der Waals surface area contributed by atoms with Gasteiger partial charge in [-0.3, -0.25) is 9.48 Å². The van der Waals surface area contributed by atoms with Gasteiger partial charge in [0, 0.05) is 32.6 Å². The second-order valence-corrected chi connectivity index (χ2v) is 6.64. The van der Waals surface area contributed by atoms with E-state index in [-0.39, 0.29) is 12.2 Å². The number of nitrogens with zero attached hydrogens (tertiary/aromatic N) is 2. The molecule has 1 aromatic heterocycles. The Balaban J connectivity index is 2.33. The summed E-state index contributed by atoms with van der Waals surface area (Å²) in [5.41, 5.74) is 2.30. The first-order valence-electron chi connectivity index (χ1n) is 5.56. The molecule has 1 aromatic carbocycles. The van der Waals surface area contributed by atoms with Crippen LogP contribution in [0.4, 0.5) is 0 Å². The number of rotatable bonds is 3. The van der Waals surface area contributed by atoms with Crippen LogP contribution in [0, 0.1) is 10.5 Å². The normalized spacial score (nSPS) is 10.8. The number of Topliss-reactive ketones (excluding diaryl/α,β-unsaturated/α-hetero) is 1. The van der Waals surface area contributed by atoms with Gasteiger partial charge in [-0.25, -0.2) is 0 Å². The lowest BCUT2D eigenvalue weighted by Crippen LogP contribution is -2.06. The molecule has 0 fully saturated rings. The van der Waals surface area contributed by atoms with Crippen LogP contribution in [0.3, 0.4) is 0 Å². The highest BCUT2D eigenvalue weighted by Crippen LogP contribution is 2.24. The molecule has 0 radical (unpaired) electrons. The lowest BCUT2D eigenvalue weighted by Gasteiger charge is -2.05. The summed E-state index contributed by atoms with van der Waals surface area (Å²) in [7, 11) is 1.77. The Kier molecular flexibility index (Phi) is 4.68. The van der Waals surface area contributed by atoms with E-state index in [4.69, 9.17) is 11.6 Å². The third-order valence-electron chi connectivity index (χ3n) is 2.84. The third kappa shape index (κ3) is 3.20. The molecule has 1 heterocycles. The first-order chi connectivity index (χ1) is 8.90. The van der Waals surface area contributed by atoms with Crippen LogP contribution < -0.4 is 0 Å². The van der Waals surface area contributed by atoms with Gasteiger partial charge in [0.25, 0.3) is 0 Å². The summed E-state index contributed by atoms with van der Waals surface area (Å²) in [5, 5.41) is 4.74. The predicted octanol–water partition coefficient (Wildman–Crippen LogP) is 4.17. The molecule has 6 heteroatoms. The van der Waals surface area contributed by atoms with Crippen LogP contribution in [0.15, 0.2) is 22.7 Å². The fourth-order valence-electron chi connectivity index (χ4n) is 1.84. The molecule has 0 spiro atoms. The monoisotopic (exact) mass is 452 g/mol. The molecule has 0 aliphatic carbocycles. The lowest BCUT2D eigenvalue weighted by atomic mass is 10.0. The molecule has 0 unspecified atom stereocenters. The van der Waals surface area contributed by atoms with Crippen LogP contribution in [-0.2, 0) is 13.5 Å². The van der Waals surface area contributed by atoms with Gasteiger partial charge in [-0.05, 0) is 47.7 Å². The maximum atomic E-state index is 12.4. The van der Waals surface area contributed by atoms with E-state index >= 15 is 0 Å². The largest absolute Gasteiger partial charge is 0.294 e. The van der Waals surface area contributed by atoms with Gasteiger partial charge in [-0.15, -0.1) is 0 Å². The Bertz CT molecular complexity index is 654. The van der Waals surface area contributed by atoms with E-state index in [1.165, 1.54) is 0 Å². The van der Waals surface area contributed by atoms with Gasteiger partial charge in [-0.2, -0.15) is 5.10 Å². The fraction of sp³-hybridized carbons (Fsp3) is 0.231. The predicted molar refractivity (Wildman–Crippen MR) is 87.8 cm³/mol. The highest BCUT2D eigenvalue weighted by molar-refractivity contribution is 14.1. The van der Waals surface area contributed by atoms with E-state index in [1.807, 2.05) is 25.1 Å². The van der Waals surface area contributed by atoms with E-state index in [1.54, 1.807) is 11.7 Å². The van der Waals surface area contributed by atoms with Crippen LogP contribution in [0.2, 0.25) is 5.15 Å². The minimum Gasteiger partial charge on any atom is -0.294 e. The van der Waals surface area contributed by atoms with Crippen LogP contribution in [0.1, 0.15) is 21.6 Å². The summed E-state index contributed by atoms with van der Waals surface area (Å²) < 4.78 is 3.42. The van der Waals surface area contributed by atoms with E-state index in [9.17, 15) is 4.79 Å². The van der Waals surface area contributed by atoms with E-state index < -0.39 is 0 Å². The summed E-state index contributed by atoms with van der Waals surface area (Å²) in [4.78, 5) is 12.4. The summed E-state index contributed by atoms with van der Waals surface area (Å²) >= 11 is 11.7. The highest BCUT2D eigenvalue weighted by atomic mass is 127. The Morgan fingerprint density at radius 1 is 1.53 bits per heavy atom. The first kappa shape index (κ1) is 15.0. The van der Waals surface area contributed by atoms with Crippen molar-refractivity contribution in [3.8, 4) is 0 Å². The van der Waals surface area contributed by atoms with Crippen molar-refractivity contribution in [2.75, 3.05) is 0 Å². The molecule has 0 aliphatic rings. The summed E-state index contributed by atoms with van der Waals surface area (Å²) in [6.07, 6.45) is 0.269. The number of benzene rings is 1. The number of halogens is 3. The molecule has 0 aliphatic heterocycles. The molecule has 3 nitrogen and oxygen atoms in total. The van der Waals surface area contributed by atoms with Gasteiger partial charge in [0.2, 0.25) is 0 Å². The van der Waals surface area contributed by atoms with Crippen LogP contribution >= 0.6 is 50.1 Å². The average molecular weight is 454 g/mol. The van der Waals surface area contributed by atoms with Crippen molar-refractivity contribution in [3.05, 3.63) is 48.2 Å². The van der Waals surface area contributed by atoms with Crippen molar-refractivity contribution >= 4 is 55.9 Å². The van der Waals surface area contributed by atoms with Gasteiger partial charge in [0.1, 0.15) is 5.15 Å². The van der Waals surface area contributed by atoms with Gasteiger partial charge >= 0.3 is 0 Å². The smallest absolute Gasteiger partial charge is 0.168 e. The minimum atomic E-state index is 0.0451. The Labute approximate surface area is 138 Å². The van der Waals surface area contributed by atoms with Crippen LogP contribution in [0.5, 0.6) is 0 Å². The van der Waals surface area contributed by atoms with E-state index in [0.717, 1.165) is 19.3 Å². The lowest BCUT2D eigenvalue weighted by molar-refractivity contribution is 0.0992. The van der Waals surface area contributed by atoms with E-state index in [2.05, 4.69) is 43.6 Å². The maximum Gasteiger partial charge on any atom is 0.168 e. The standard InChI is InChI=1S/C13H11BrClIN2O/c1-7-9(13(15)18(2)17-7)6-12(19)10-5-8(14)3-4-11(10)16/h3-5H,6H2,1-2H3. The summed E-state index contributed by atoms with van der Waals surface area (Å²) in [5.74, 6) is 0.0451. The highest BCUT2D eigenvalue weighted by Gasteiger charge is 2.17.